The zero-order chi connectivity index (χ0) is 14.7. The SMILES string of the molecule is CCCc1cc(=O)oc2cc(OCC(=O)O)c(Cl)cc12. The topological polar surface area (TPSA) is 76.7 Å². The van der Waals surface area contributed by atoms with Gasteiger partial charge in [0, 0.05) is 17.5 Å². The lowest BCUT2D eigenvalue weighted by atomic mass is 10.1. The van der Waals surface area contributed by atoms with E-state index in [0.29, 0.717) is 5.58 Å². The second-order valence-electron chi connectivity index (χ2n) is 4.30. The fourth-order valence-corrected chi connectivity index (χ4v) is 2.17. The number of ether oxygens (including phenoxy) is 1. The number of rotatable bonds is 5. The van der Waals surface area contributed by atoms with Gasteiger partial charge in [-0.3, -0.25) is 0 Å². The van der Waals surface area contributed by atoms with E-state index in [-0.39, 0.29) is 10.8 Å². The molecule has 0 bridgehead atoms. The molecule has 0 spiro atoms. The molecule has 2 rings (SSSR count). The molecule has 0 aliphatic carbocycles. The zero-order valence-corrected chi connectivity index (χ0v) is 11.6. The van der Waals surface area contributed by atoms with Crippen LogP contribution < -0.4 is 10.4 Å². The number of aryl methyl sites for hydroxylation is 1. The maximum Gasteiger partial charge on any atom is 0.341 e. The lowest BCUT2D eigenvalue weighted by Crippen LogP contribution is -2.10. The standard InChI is InChI=1S/C14H13ClO5/c1-2-3-8-4-14(18)20-11-6-12(19-7-13(16)17)10(15)5-9(8)11/h4-6H,2-3,7H2,1H3,(H,16,17). The number of carbonyl (C=O) groups is 1. The molecular weight excluding hydrogens is 284 g/mol. The Morgan fingerprint density at radius 2 is 2.15 bits per heavy atom. The van der Waals surface area contributed by atoms with Crippen molar-refractivity contribution in [3.8, 4) is 5.75 Å². The van der Waals surface area contributed by atoms with Crippen molar-refractivity contribution in [3.63, 3.8) is 0 Å². The molecule has 1 aromatic carbocycles. The summed E-state index contributed by atoms with van der Waals surface area (Å²) in [6.45, 7) is 1.50. The van der Waals surface area contributed by atoms with Crippen LogP contribution in [-0.4, -0.2) is 17.7 Å². The third-order valence-electron chi connectivity index (χ3n) is 2.75. The summed E-state index contributed by atoms with van der Waals surface area (Å²) in [5.41, 5.74) is 0.739. The number of fused-ring (bicyclic) bond motifs is 1. The molecule has 0 aliphatic rings. The summed E-state index contributed by atoms with van der Waals surface area (Å²) in [5, 5.41) is 9.61. The summed E-state index contributed by atoms with van der Waals surface area (Å²) in [6, 6.07) is 4.52. The molecule has 106 valence electrons. The molecule has 0 radical (unpaired) electrons. The molecule has 1 N–H and O–H groups in total. The van der Waals surface area contributed by atoms with Gasteiger partial charge < -0.3 is 14.3 Å². The molecule has 1 aromatic heterocycles. The predicted molar refractivity (Wildman–Crippen MR) is 74.6 cm³/mol. The van der Waals surface area contributed by atoms with E-state index < -0.39 is 18.2 Å². The number of aliphatic carboxylic acids is 1. The van der Waals surface area contributed by atoms with Gasteiger partial charge in [0.25, 0.3) is 0 Å². The van der Waals surface area contributed by atoms with Crippen LogP contribution in [0.15, 0.2) is 27.4 Å². The van der Waals surface area contributed by atoms with Crippen molar-refractivity contribution in [1.82, 2.24) is 0 Å². The van der Waals surface area contributed by atoms with Crippen molar-refractivity contribution in [2.45, 2.75) is 19.8 Å². The van der Waals surface area contributed by atoms with Crippen LogP contribution in [0.2, 0.25) is 5.02 Å². The van der Waals surface area contributed by atoms with Crippen LogP contribution in [-0.2, 0) is 11.2 Å². The molecule has 6 heteroatoms. The Balaban J connectivity index is 2.53. The first kappa shape index (κ1) is 14.4. The first-order valence-corrected chi connectivity index (χ1v) is 6.50. The van der Waals surface area contributed by atoms with E-state index in [9.17, 15) is 9.59 Å². The quantitative estimate of drug-likeness (QED) is 0.859. The molecular formula is C14H13ClO5. The normalized spacial score (nSPS) is 10.7. The molecule has 0 fully saturated rings. The molecule has 5 nitrogen and oxygen atoms in total. The van der Waals surface area contributed by atoms with Crippen LogP contribution in [0, 0.1) is 0 Å². The van der Waals surface area contributed by atoms with Crippen molar-refractivity contribution in [2.75, 3.05) is 6.61 Å². The van der Waals surface area contributed by atoms with E-state index in [1.165, 1.54) is 12.1 Å². The van der Waals surface area contributed by atoms with Gasteiger partial charge in [-0.1, -0.05) is 24.9 Å². The molecule has 0 amide bonds. The highest BCUT2D eigenvalue weighted by Gasteiger charge is 2.11. The third-order valence-corrected chi connectivity index (χ3v) is 3.05. The largest absolute Gasteiger partial charge is 0.480 e. The van der Waals surface area contributed by atoms with Crippen LogP contribution in [0.4, 0.5) is 0 Å². The summed E-state index contributed by atoms with van der Waals surface area (Å²) < 4.78 is 10.2. The predicted octanol–water partition coefficient (Wildman–Crippen LogP) is 2.86. The highest BCUT2D eigenvalue weighted by atomic mass is 35.5. The Bertz CT molecular complexity index is 705. The molecule has 1 heterocycles. The average molecular weight is 297 g/mol. The van der Waals surface area contributed by atoms with Crippen LogP contribution in [0.1, 0.15) is 18.9 Å². The Morgan fingerprint density at radius 3 is 2.80 bits per heavy atom. The molecule has 0 saturated carbocycles. The van der Waals surface area contributed by atoms with E-state index in [1.54, 1.807) is 6.07 Å². The Kier molecular flexibility index (Phi) is 4.29. The van der Waals surface area contributed by atoms with Gasteiger partial charge in [-0.25, -0.2) is 9.59 Å². The number of carboxylic acids is 1. The average Bonchev–Trinajstić information content (AvgIpc) is 2.37. The monoisotopic (exact) mass is 296 g/mol. The highest BCUT2D eigenvalue weighted by Crippen LogP contribution is 2.31. The fourth-order valence-electron chi connectivity index (χ4n) is 1.95. The van der Waals surface area contributed by atoms with Gasteiger partial charge in [0.05, 0.1) is 5.02 Å². The number of hydrogen-bond acceptors (Lipinski definition) is 4. The van der Waals surface area contributed by atoms with Gasteiger partial charge in [0.1, 0.15) is 11.3 Å². The molecule has 20 heavy (non-hydrogen) atoms. The van der Waals surface area contributed by atoms with E-state index in [1.807, 2.05) is 6.92 Å². The summed E-state index contributed by atoms with van der Waals surface area (Å²) in [5.74, 6) is -0.930. The van der Waals surface area contributed by atoms with Gasteiger partial charge in [0.15, 0.2) is 6.61 Å². The number of hydrogen-bond donors (Lipinski definition) is 1. The maximum absolute atomic E-state index is 11.5. The molecule has 2 aromatic rings. The second kappa shape index (κ2) is 5.96. The second-order valence-corrected chi connectivity index (χ2v) is 4.71. The van der Waals surface area contributed by atoms with E-state index in [2.05, 4.69) is 0 Å². The Morgan fingerprint density at radius 1 is 1.40 bits per heavy atom. The van der Waals surface area contributed by atoms with Crippen molar-refractivity contribution in [3.05, 3.63) is 39.2 Å². The molecule has 0 saturated heterocycles. The van der Waals surface area contributed by atoms with Crippen LogP contribution in [0.3, 0.4) is 0 Å². The van der Waals surface area contributed by atoms with Crippen LogP contribution in [0.25, 0.3) is 11.0 Å². The number of halogens is 1. The molecule has 0 atom stereocenters. The first-order chi connectivity index (χ1) is 9.51. The minimum atomic E-state index is -1.11. The minimum absolute atomic E-state index is 0.179. The smallest absolute Gasteiger partial charge is 0.341 e. The van der Waals surface area contributed by atoms with Crippen LogP contribution >= 0.6 is 11.6 Å². The summed E-state index contributed by atoms with van der Waals surface area (Å²) in [7, 11) is 0. The van der Waals surface area contributed by atoms with Crippen LogP contribution in [0.5, 0.6) is 5.75 Å². The van der Waals surface area contributed by atoms with Crippen molar-refractivity contribution >= 4 is 28.5 Å². The van der Waals surface area contributed by atoms with Crippen molar-refractivity contribution < 1.29 is 19.1 Å². The molecule has 0 unspecified atom stereocenters. The van der Waals surface area contributed by atoms with Crippen molar-refractivity contribution in [2.24, 2.45) is 0 Å². The Labute approximate surface area is 119 Å². The Hall–Kier alpha value is -2.01. The van der Waals surface area contributed by atoms with Gasteiger partial charge in [-0.15, -0.1) is 0 Å². The van der Waals surface area contributed by atoms with E-state index >= 15 is 0 Å². The van der Waals surface area contributed by atoms with E-state index in [4.69, 9.17) is 25.9 Å². The third kappa shape index (κ3) is 3.11. The van der Waals surface area contributed by atoms with Gasteiger partial charge in [-0.2, -0.15) is 0 Å². The lowest BCUT2D eigenvalue weighted by molar-refractivity contribution is -0.139. The number of carboxylic acid groups (broad SMARTS) is 1. The fraction of sp³-hybridized carbons (Fsp3) is 0.286. The summed E-state index contributed by atoms with van der Waals surface area (Å²) in [6.07, 6.45) is 1.61. The first-order valence-electron chi connectivity index (χ1n) is 6.12. The zero-order valence-electron chi connectivity index (χ0n) is 10.8. The van der Waals surface area contributed by atoms with E-state index in [0.717, 1.165) is 23.8 Å². The minimum Gasteiger partial charge on any atom is -0.480 e. The summed E-state index contributed by atoms with van der Waals surface area (Å²) in [4.78, 5) is 22.0. The highest BCUT2D eigenvalue weighted by molar-refractivity contribution is 6.32. The van der Waals surface area contributed by atoms with Gasteiger partial charge in [-0.05, 0) is 18.1 Å². The van der Waals surface area contributed by atoms with Crippen molar-refractivity contribution in [1.29, 1.82) is 0 Å². The maximum atomic E-state index is 11.5. The number of benzene rings is 1. The summed E-state index contributed by atoms with van der Waals surface area (Å²) >= 11 is 6.06. The lowest BCUT2D eigenvalue weighted by Gasteiger charge is -2.09. The van der Waals surface area contributed by atoms with Gasteiger partial charge in [0.2, 0.25) is 0 Å². The molecule has 0 aliphatic heterocycles. The van der Waals surface area contributed by atoms with Gasteiger partial charge >= 0.3 is 11.6 Å².